The molecule has 3 N–H and O–H groups in total. The number of anilines is 1. The van der Waals surface area contributed by atoms with Gasteiger partial charge in [-0.2, -0.15) is 0 Å². The fourth-order valence-corrected chi connectivity index (χ4v) is 3.09. The van der Waals surface area contributed by atoms with Gasteiger partial charge in [0, 0.05) is 10.4 Å². The zero-order valence-corrected chi connectivity index (χ0v) is 14.0. The average Bonchev–Trinajstić information content (AvgIpc) is 2.86. The number of carbonyl (C=O) groups excluding carboxylic acids is 2. The summed E-state index contributed by atoms with van der Waals surface area (Å²) in [6, 6.07) is 7.28. The third-order valence-electron chi connectivity index (χ3n) is 3.58. The first kappa shape index (κ1) is 16.2. The minimum atomic E-state index is -0.529. The average molecular weight is 316 g/mol. The van der Waals surface area contributed by atoms with Gasteiger partial charge in [-0.05, 0) is 49.1 Å². The lowest BCUT2D eigenvalue weighted by atomic mass is 10.1. The van der Waals surface area contributed by atoms with Crippen LogP contribution in [0.5, 0.6) is 0 Å². The quantitative estimate of drug-likeness (QED) is 0.899. The van der Waals surface area contributed by atoms with Gasteiger partial charge in [0.25, 0.3) is 11.8 Å². The van der Waals surface area contributed by atoms with Crippen molar-refractivity contribution >= 4 is 28.2 Å². The van der Waals surface area contributed by atoms with E-state index in [-0.39, 0.29) is 11.8 Å². The first-order valence-corrected chi connectivity index (χ1v) is 7.93. The number of thiophene rings is 1. The Hall–Kier alpha value is -2.14. The van der Waals surface area contributed by atoms with E-state index < -0.39 is 5.91 Å². The highest BCUT2D eigenvalue weighted by molar-refractivity contribution is 7.16. The number of benzene rings is 1. The highest BCUT2D eigenvalue weighted by atomic mass is 32.1. The van der Waals surface area contributed by atoms with Crippen LogP contribution in [0.25, 0.3) is 0 Å². The summed E-state index contributed by atoms with van der Waals surface area (Å²) in [4.78, 5) is 24.9. The Balaban J connectivity index is 2.31. The van der Waals surface area contributed by atoms with Gasteiger partial charge < -0.3 is 11.1 Å². The lowest BCUT2D eigenvalue weighted by molar-refractivity contribution is 0.100. The molecule has 0 aliphatic carbocycles. The van der Waals surface area contributed by atoms with Crippen LogP contribution in [0, 0.1) is 13.8 Å². The molecule has 0 bridgehead atoms. The molecule has 4 nitrogen and oxygen atoms in total. The van der Waals surface area contributed by atoms with Crippen molar-refractivity contribution in [3.05, 3.63) is 51.4 Å². The fourth-order valence-electron chi connectivity index (χ4n) is 2.03. The molecule has 0 unspecified atom stereocenters. The van der Waals surface area contributed by atoms with Gasteiger partial charge in [0.1, 0.15) is 5.00 Å². The van der Waals surface area contributed by atoms with Crippen LogP contribution in [-0.2, 0) is 0 Å². The summed E-state index contributed by atoms with van der Waals surface area (Å²) in [5.41, 5.74) is 8.52. The summed E-state index contributed by atoms with van der Waals surface area (Å²) in [7, 11) is 0. The van der Waals surface area contributed by atoms with Gasteiger partial charge in [-0.25, -0.2) is 0 Å². The molecule has 0 atom stereocenters. The summed E-state index contributed by atoms with van der Waals surface area (Å²) < 4.78 is 0. The summed E-state index contributed by atoms with van der Waals surface area (Å²) in [6.45, 7) is 8.02. The first-order chi connectivity index (χ1) is 10.3. The maximum absolute atomic E-state index is 12.4. The molecule has 0 aliphatic rings. The number of rotatable bonds is 4. The number of nitrogens with two attached hydrogens (primary N) is 1. The van der Waals surface area contributed by atoms with Crippen LogP contribution < -0.4 is 11.1 Å². The Kier molecular flexibility index (Phi) is 4.66. The maximum Gasteiger partial charge on any atom is 0.256 e. The van der Waals surface area contributed by atoms with Crippen molar-refractivity contribution in [2.75, 3.05) is 5.32 Å². The van der Waals surface area contributed by atoms with E-state index in [2.05, 4.69) is 5.32 Å². The van der Waals surface area contributed by atoms with Crippen LogP contribution >= 0.6 is 11.3 Å². The third kappa shape index (κ3) is 3.36. The van der Waals surface area contributed by atoms with Crippen molar-refractivity contribution in [1.82, 2.24) is 0 Å². The summed E-state index contributed by atoms with van der Waals surface area (Å²) in [5.74, 6) is -0.489. The minimum Gasteiger partial charge on any atom is -0.366 e. The molecule has 0 radical (unpaired) electrons. The second-order valence-electron chi connectivity index (χ2n) is 5.66. The molecule has 2 amide bonds. The van der Waals surface area contributed by atoms with Crippen LogP contribution in [0.3, 0.4) is 0 Å². The van der Waals surface area contributed by atoms with Gasteiger partial charge in [-0.3, -0.25) is 9.59 Å². The van der Waals surface area contributed by atoms with Crippen molar-refractivity contribution in [2.45, 2.75) is 33.6 Å². The van der Waals surface area contributed by atoms with Gasteiger partial charge in [-0.1, -0.05) is 19.9 Å². The Labute approximate surface area is 134 Å². The lowest BCUT2D eigenvalue weighted by Crippen LogP contribution is -2.16. The Morgan fingerprint density at radius 2 is 1.82 bits per heavy atom. The predicted molar refractivity (Wildman–Crippen MR) is 90.8 cm³/mol. The predicted octanol–water partition coefficient (Wildman–Crippen LogP) is 3.84. The summed E-state index contributed by atoms with van der Waals surface area (Å²) >= 11 is 1.39. The Morgan fingerprint density at radius 3 is 2.36 bits per heavy atom. The van der Waals surface area contributed by atoms with Crippen LogP contribution in [-0.4, -0.2) is 11.8 Å². The van der Waals surface area contributed by atoms with Crippen molar-refractivity contribution in [3.8, 4) is 0 Å². The van der Waals surface area contributed by atoms with Crippen molar-refractivity contribution in [1.29, 1.82) is 0 Å². The van der Waals surface area contributed by atoms with E-state index >= 15 is 0 Å². The number of nitrogens with one attached hydrogen (secondary N) is 1. The van der Waals surface area contributed by atoms with E-state index in [0.29, 0.717) is 16.1 Å². The van der Waals surface area contributed by atoms with Crippen LogP contribution in [0.4, 0.5) is 5.00 Å². The van der Waals surface area contributed by atoms with Crippen molar-refractivity contribution in [3.63, 3.8) is 0 Å². The van der Waals surface area contributed by atoms with E-state index in [0.717, 1.165) is 16.0 Å². The second kappa shape index (κ2) is 6.32. The Morgan fingerprint density at radius 1 is 1.14 bits per heavy atom. The number of hydrogen-bond acceptors (Lipinski definition) is 3. The number of aryl methyl sites for hydroxylation is 2. The molecule has 1 aromatic carbocycles. The van der Waals surface area contributed by atoms with Gasteiger partial charge in [-0.15, -0.1) is 11.3 Å². The third-order valence-corrected chi connectivity index (χ3v) is 4.93. The number of primary amides is 1. The smallest absolute Gasteiger partial charge is 0.256 e. The molecule has 22 heavy (non-hydrogen) atoms. The largest absolute Gasteiger partial charge is 0.366 e. The fraction of sp³-hybridized carbons (Fsp3) is 0.294. The molecular weight excluding hydrogens is 296 g/mol. The molecule has 1 heterocycles. The van der Waals surface area contributed by atoms with Crippen molar-refractivity contribution < 1.29 is 9.59 Å². The monoisotopic (exact) mass is 316 g/mol. The van der Waals surface area contributed by atoms with E-state index in [1.54, 1.807) is 12.1 Å². The molecule has 0 fully saturated rings. The highest BCUT2D eigenvalue weighted by Gasteiger charge is 2.18. The molecule has 5 heteroatoms. The maximum atomic E-state index is 12.4. The van der Waals surface area contributed by atoms with Gasteiger partial charge in [0.15, 0.2) is 0 Å². The lowest BCUT2D eigenvalue weighted by Gasteiger charge is -2.07. The molecule has 2 aromatic rings. The van der Waals surface area contributed by atoms with Crippen LogP contribution in [0.1, 0.15) is 56.5 Å². The van der Waals surface area contributed by atoms with Gasteiger partial charge in [0.05, 0.1) is 5.56 Å². The molecule has 2 rings (SSSR count). The molecule has 1 aromatic heterocycles. The normalized spacial score (nSPS) is 10.8. The molecule has 0 spiro atoms. The first-order valence-electron chi connectivity index (χ1n) is 7.11. The van der Waals surface area contributed by atoms with Crippen LogP contribution in [0.2, 0.25) is 0 Å². The van der Waals surface area contributed by atoms with E-state index in [9.17, 15) is 9.59 Å². The van der Waals surface area contributed by atoms with Gasteiger partial charge >= 0.3 is 0 Å². The summed E-state index contributed by atoms with van der Waals surface area (Å²) in [6.07, 6.45) is 0. The molecule has 0 aliphatic heterocycles. The second-order valence-corrected chi connectivity index (χ2v) is 6.75. The standard InChI is InChI=1S/C17H20N2O2S/c1-9(2)14-8-13(15(18)20)17(22-14)19-16(21)12-6-5-10(3)11(4)7-12/h5-9H,1-4H3,(H2,18,20)(H,19,21). The van der Waals surface area contributed by atoms with Crippen molar-refractivity contribution in [2.24, 2.45) is 5.73 Å². The molecule has 0 saturated carbocycles. The molecular formula is C17H20N2O2S. The number of amides is 2. The Bertz CT molecular complexity index is 732. The van der Waals surface area contributed by atoms with E-state index in [1.165, 1.54) is 11.3 Å². The van der Waals surface area contributed by atoms with E-state index in [4.69, 9.17) is 5.73 Å². The molecule has 116 valence electrons. The number of hydrogen-bond donors (Lipinski definition) is 2. The van der Waals surface area contributed by atoms with Gasteiger partial charge in [0.2, 0.25) is 0 Å². The SMILES string of the molecule is Cc1ccc(C(=O)Nc2sc(C(C)C)cc2C(N)=O)cc1C. The topological polar surface area (TPSA) is 72.2 Å². The zero-order valence-electron chi connectivity index (χ0n) is 13.2. The summed E-state index contributed by atoms with van der Waals surface area (Å²) in [5, 5.41) is 3.32. The zero-order chi connectivity index (χ0) is 16.4. The molecule has 0 saturated heterocycles. The highest BCUT2D eigenvalue weighted by Crippen LogP contribution is 2.33. The number of carbonyl (C=O) groups is 2. The van der Waals surface area contributed by atoms with Crippen LogP contribution in [0.15, 0.2) is 24.3 Å². The van der Waals surface area contributed by atoms with E-state index in [1.807, 2.05) is 39.8 Å². The minimum absolute atomic E-state index is 0.234.